The van der Waals surface area contributed by atoms with Crippen LogP contribution in [0.25, 0.3) is 5.69 Å². The van der Waals surface area contributed by atoms with E-state index in [1.54, 1.807) is 29.8 Å². The fraction of sp³-hybridized carbons (Fsp3) is 0.263. The summed E-state index contributed by atoms with van der Waals surface area (Å²) in [6.07, 6.45) is 6.13. The number of carbonyl (C=O) groups is 1. The van der Waals surface area contributed by atoms with Crippen molar-refractivity contribution in [3.05, 3.63) is 66.1 Å². The molecule has 0 spiro atoms. The fourth-order valence-corrected chi connectivity index (χ4v) is 5.93. The van der Waals surface area contributed by atoms with Gasteiger partial charge in [0.05, 0.1) is 0 Å². The van der Waals surface area contributed by atoms with Crippen LogP contribution in [0.3, 0.4) is 0 Å². The monoisotopic (exact) mass is 416 g/mol. The maximum absolute atomic E-state index is 12.6. The second-order valence-electron chi connectivity index (χ2n) is 6.65. The topological polar surface area (TPSA) is 84.3 Å². The van der Waals surface area contributed by atoms with E-state index in [2.05, 4.69) is 10.3 Å². The van der Waals surface area contributed by atoms with Gasteiger partial charge in [0.2, 0.25) is 0 Å². The van der Waals surface area contributed by atoms with Crippen molar-refractivity contribution in [2.45, 2.75) is 10.6 Å². The lowest BCUT2D eigenvalue weighted by atomic mass is 10.1. The van der Waals surface area contributed by atoms with Gasteiger partial charge in [-0.2, -0.15) is 4.31 Å². The Hall–Kier alpha value is -2.49. The Labute approximate surface area is 167 Å². The van der Waals surface area contributed by atoms with Gasteiger partial charge in [-0.15, -0.1) is 11.3 Å². The molecule has 1 fully saturated rings. The number of aromatic nitrogens is 2. The molecule has 0 radical (unpaired) electrons. The average Bonchev–Trinajstić information content (AvgIpc) is 3.48. The second kappa shape index (κ2) is 7.86. The van der Waals surface area contributed by atoms with E-state index in [9.17, 15) is 13.2 Å². The van der Waals surface area contributed by atoms with E-state index in [0.717, 1.165) is 12.1 Å². The van der Waals surface area contributed by atoms with Gasteiger partial charge < -0.3 is 9.88 Å². The van der Waals surface area contributed by atoms with Gasteiger partial charge in [-0.3, -0.25) is 9.78 Å². The number of thiophene rings is 1. The molecule has 1 amide bonds. The number of hydrogen-bond donors (Lipinski definition) is 1. The standard InChI is InChI=1S/C19H20N4O3S2/c24-19(17-12-16(5-7-20-17)22-8-1-2-9-22)21-13-15-6-10-23(14-15)28(25,26)18-4-3-11-27-18/h1-5,7-9,11-12,15H,6,10,13-14H2,(H,21,24). The van der Waals surface area contributed by atoms with Crippen molar-refractivity contribution in [2.24, 2.45) is 5.92 Å². The molecular weight excluding hydrogens is 396 g/mol. The number of nitrogens with one attached hydrogen (secondary N) is 1. The average molecular weight is 417 g/mol. The van der Waals surface area contributed by atoms with E-state index < -0.39 is 10.0 Å². The lowest BCUT2D eigenvalue weighted by molar-refractivity contribution is 0.0943. The van der Waals surface area contributed by atoms with Crippen LogP contribution in [0.1, 0.15) is 16.9 Å². The Morgan fingerprint density at radius 1 is 1.25 bits per heavy atom. The normalized spacial score (nSPS) is 17.6. The fourth-order valence-electron chi connectivity index (χ4n) is 3.26. The minimum atomic E-state index is -3.43. The Morgan fingerprint density at radius 2 is 2.07 bits per heavy atom. The van der Waals surface area contributed by atoms with E-state index in [1.807, 2.05) is 35.2 Å². The van der Waals surface area contributed by atoms with Crippen molar-refractivity contribution < 1.29 is 13.2 Å². The predicted octanol–water partition coefficient (Wildman–Crippen LogP) is 2.37. The lowest BCUT2D eigenvalue weighted by Gasteiger charge is -2.15. The third-order valence-electron chi connectivity index (χ3n) is 4.77. The molecule has 3 aromatic heterocycles. The first kappa shape index (κ1) is 18.9. The summed E-state index contributed by atoms with van der Waals surface area (Å²) in [4.78, 5) is 16.6. The molecule has 9 heteroatoms. The van der Waals surface area contributed by atoms with Gasteiger partial charge in [0, 0.05) is 43.9 Å². The van der Waals surface area contributed by atoms with Crippen LogP contribution in [0.4, 0.5) is 0 Å². The molecule has 1 unspecified atom stereocenters. The summed E-state index contributed by atoms with van der Waals surface area (Å²) in [6, 6.07) is 10.8. The zero-order chi connectivity index (χ0) is 19.6. The molecular formula is C19H20N4O3S2. The molecule has 0 aromatic carbocycles. The molecule has 4 rings (SSSR count). The molecule has 7 nitrogen and oxygen atoms in total. The van der Waals surface area contributed by atoms with Gasteiger partial charge in [0.25, 0.3) is 15.9 Å². The van der Waals surface area contributed by atoms with Crippen molar-refractivity contribution in [2.75, 3.05) is 19.6 Å². The minimum Gasteiger partial charge on any atom is -0.350 e. The molecule has 1 atom stereocenters. The van der Waals surface area contributed by atoms with Crippen molar-refractivity contribution in [3.8, 4) is 5.69 Å². The van der Waals surface area contributed by atoms with E-state index in [1.165, 1.54) is 15.6 Å². The van der Waals surface area contributed by atoms with Gasteiger partial charge in [-0.25, -0.2) is 8.42 Å². The Balaban J connectivity index is 1.35. The summed E-state index contributed by atoms with van der Waals surface area (Å²) in [6.45, 7) is 1.31. The predicted molar refractivity (Wildman–Crippen MR) is 107 cm³/mol. The molecule has 146 valence electrons. The summed E-state index contributed by atoms with van der Waals surface area (Å²) in [5, 5.41) is 4.65. The highest BCUT2D eigenvalue weighted by molar-refractivity contribution is 7.91. The maximum Gasteiger partial charge on any atom is 0.269 e. The molecule has 3 aromatic rings. The molecule has 0 aliphatic carbocycles. The van der Waals surface area contributed by atoms with Crippen LogP contribution in [0.5, 0.6) is 0 Å². The van der Waals surface area contributed by atoms with Gasteiger partial charge in [0.15, 0.2) is 0 Å². The van der Waals surface area contributed by atoms with Crippen LogP contribution in [0.15, 0.2) is 64.6 Å². The quantitative estimate of drug-likeness (QED) is 0.669. The van der Waals surface area contributed by atoms with Crippen LogP contribution in [-0.2, 0) is 10.0 Å². The Kier molecular flexibility index (Phi) is 5.29. The zero-order valence-electron chi connectivity index (χ0n) is 15.1. The third kappa shape index (κ3) is 3.87. The van der Waals surface area contributed by atoms with E-state index in [-0.39, 0.29) is 11.8 Å². The van der Waals surface area contributed by atoms with Crippen molar-refractivity contribution in [1.82, 2.24) is 19.2 Å². The zero-order valence-corrected chi connectivity index (χ0v) is 16.7. The number of hydrogen-bond acceptors (Lipinski definition) is 5. The molecule has 1 N–H and O–H groups in total. The lowest BCUT2D eigenvalue weighted by Crippen LogP contribution is -2.33. The summed E-state index contributed by atoms with van der Waals surface area (Å²) < 4.78 is 28.9. The van der Waals surface area contributed by atoms with Gasteiger partial charge in [-0.05, 0) is 48.1 Å². The minimum absolute atomic E-state index is 0.0892. The number of sulfonamides is 1. The Morgan fingerprint density at radius 3 is 2.82 bits per heavy atom. The van der Waals surface area contributed by atoms with Crippen LogP contribution in [0.2, 0.25) is 0 Å². The van der Waals surface area contributed by atoms with Crippen molar-refractivity contribution in [1.29, 1.82) is 0 Å². The van der Waals surface area contributed by atoms with Gasteiger partial charge in [-0.1, -0.05) is 6.07 Å². The first-order chi connectivity index (χ1) is 13.5. The third-order valence-corrected chi connectivity index (χ3v) is 8.01. The second-order valence-corrected chi connectivity index (χ2v) is 9.76. The van der Waals surface area contributed by atoms with Gasteiger partial charge >= 0.3 is 0 Å². The maximum atomic E-state index is 12.6. The molecule has 1 aliphatic rings. The summed E-state index contributed by atoms with van der Waals surface area (Å²) in [5.41, 5.74) is 1.20. The van der Waals surface area contributed by atoms with E-state index >= 15 is 0 Å². The molecule has 4 heterocycles. The number of carbonyl (C=O) groups excluding carboxylic acids is 1. The molecule has 1 saturated heterocycles. The van der Waals surface area contributed by atoms with Crippen LogP contribution >= 0.6 is 11.3 Å². The molecule has 0 saturated carbocycles. The van der Waals surface area contributed by atoms with E-state index in [4.69, 9.17) is 0 Å². The Bertz CT molecular complexity index is 1050. The van der Waals surface area contributed by atoms with Crippen molar-refractivity contribution >= 4 is 27.3 Å². The summed E-state index contributed by atoms with van der Waals surface area (Å²) in [5.74, 6) is -0.167. The highest BCUT2D eigenvalue weighted by Gasteiger charge is 2.33. The molecule has 0 bridgehead atoms. The van der Waals surface area contributed by atoms with Crippen LogP contribution in [-0.4, -0.2) is 47.8 Å². The first-order valence-corrected chi connectivity index (χ1v) is 11.3. The molecule has 1 aliphatic heterocycles. The van der Waals surface area contributed by atoms with E-state index in [0.29, 0.717) is 29.5 Å². The largest absolute Gasteiger partial charge is 0.350 e. The van der Waals surface area contributed by atoms with Gasteiger partial charge in [0.1, 0.15) is 9.90 Å². The van der Waals surface area contributed by atoms with Crippen LogP contribution in [0, 0.1) is 5.92 Å². The smallest absolute Gasteiger partial charge is 0.269 e. The summed E-state index contributed by atoms with van der Waals surface area (Å²) in [7, 11) is -3.43. The number of rotatable bonds is 6. The molecule has 28 heavy (non-hydrogen) atoms. The van der Waals surface area contributed by atoms with Crippen molar-refractivity contribution in [3.63, 3.8) is 0 Å². The number of amides is 1. The summed E-state index contributed by atoms with van der Waals surface area (Å²) >= 11 is 1.22. The number of nitrogens with zero attached hydrogens (tertiary/aromatic N) is 3. The number of pyridine rings is 1. The first-order valence-electron chi connectivity index (χ1n) is 8.95. The highest BCUT2D eigenvalue weighted by Crippen LogP contribution is 2.26. The van der Waals surface area contributed by atoms with Crippen LogP contribution < -0.4 is 5.32 Å². The highest BCUT2D eigenvalue weighted by atomic mass is 32.2. The SMILES string of the molecule is O=C(NCC1CCN(S(=O)(=O)c2cccs2)C1)c1cc(-n2cccc2)ccn1.